The van der Waals surface area contributed by atoms with E-state index in [1.807, 2.05) is 32.0 Å². The Balaban J connectivity index is 1.38. The van der Waals surface area contributed by atoms with Crippen molar-refractivity contribution in [3.63, 3.8) is 0 Å². The van der Waals surface area contributed by atoms with Crippen molar-refractivity contribution in [1.82, 2.24) is 9.80 Å². The zero-order valence-corrected chi connectivity index (χ0v) is 18.3. The smallest absolute Gasteiger partial charge is 0.338 e. The first kappa shape index (κ1) is 21.7. The molecule has 0 radical (unpaired) electrons. The van der Waals surface area contributed by atoms with Gasteiger partial charge in [0.1, 0.15) is 0 Å². The van der Waals surface area contributed by atoms with Crippen molar-refractivity contribution in [2.45, 2.75) is 33.2 Å². The molecule has 2 aliphatic heterocycles. The lowest BCUT2D eigenvalue weighted by molar-refractivity contribution is -0.135. The summed E-state index contributed by atoms with van der Waals surface area (Å²) in [5.41, 5.74) is 2.97. The Labute approximate surface area is 187 Å². The molecule has 0 atom stereocenters. The highest BCUT2D eigenvalue weighted by Gasteiger charge is 2.36. The summed E-state index contributed by atoms with van der Waals surface area (Å²) in [5.74, 6) is -1.34. The lowest BCUT2D eigenvalue weighted by Gasteiger charge is -2.28. The van der Waals surface area contributed by atoms with Crippen LogP contribution in [-0.4, -0.2) is 53.2 Å². The fraction of sp³-hybridized carbons (Fsp3) is 0.360. The first-order valence-electron chi connectivity index (χ1n) is 10.9. The number of benzene rings is 2. The van der Waals surface area contributed by atoms with Gasteiger partial charge in [0.15, 0.2) is 6.61 Å². The van der Waals surface area contributed by atoms with Gasteiger partial charge in [-0.15, -0.1) is 0 Å². The second-order valence-corrected chi connectivity index (χ2v) is 8.61. The quantitative estimate of drug-likeness (QED) is 0.515. The number of hydrogen-bond acceptors (Lipinski definition) is 5. The van der Waals surface area contributed by atoms with Crippen molar-refractivity contribution in [2.24, 2.45) is 5.92 Å². The minimum absolute atomic E-state index is 0.146. The van der Waals surface area contributed by atoms with Gasteiger partial charge in [0.05, 0.1) is 16.7 Å². The molecule has 0 spiro atoms. The van der Waals surface area contributed by atoms with E-state index in [2.05, 4.69) is 6.07 Å². The molecule has 3 amide bonds. The molecular weight excluding hydrogens is 408 g/mol. The molecule has 0 aromatic heterocycles. The van der Waals surface area contributed by atoms with E-state index in [4.69, 9.17) is 4.74 Å². The molecule has 0 bridgehead atoms. The third-order valence-corrected chi connectivity index (χ3v) is 5.95. The number of hydrogen-bond donors (Lipinski definition) is 0. The Morgan fingerprint density at radius 2 is 1.72 bits per heavy atom. The highest BCUT2D eigenvalue weighted by molar-refractivity contribution is 6.22. The topological polar surface area (TPSA) is 84.0 Å². The van der Waals surface area contributed by atoms with Gasteiger partial charge in [-0.25, -0.2) is 4.79 Å². The maximum absolute atomic E-state index is 12.7. The summed E-state index contributed by atoms with van der Waals surface area (Å²) < 4.78 is 5.22. The maximum atomic E-state index is 12.7. The molecule has 2 aromatic carbocycles. The molecular formula is C25H26N2O5. The van der Waals surface area contributed by atoms with E-state index in [9.17, 15) is 19.2 Å². The Hall–Kier alpha value is -3.48. The molecule has 0 saturated carbocycles. The highest BCUT2D eigenvalue weighted by Crippen LogP contribution is 2.25. The fourth-order valence-electron chi connectivity index (χ4n) is 4.02. The Bertz CT molecular complexity index is 1090. The first-order chi connectivity index (χ1) is 15.3. The van der Waals surface area contributed by atoms with Crippen LogP contribution in [0.15, 0.2) is 42.5 Å². The van der Waals surface area contributed by atoms with Gasteiger partial charge in [-0.2, -0.15) is 0 Å². The van der Waals surface area contributed by atoms with E-state index in [1.54, 1.807) is 4.90 Å². The third kappa shape index (κ3) is 4.28. The SMILES string of the molecule is CC(C)CCN1C(=O)c2ccc(C(=O)OCC(=O)N3CCc4ccccc4C3)cc2C1=O. The van der Waals surface area contributed by atoms with Crippen molar-refractivity contribution < 1.29 is 23.9 Å². The molecule has 0 aliphatic carbocycles. The van der Waals surface area contributed by atoms with Crippen LogP contribution >= 0.6 is 0 Å². The largest absolute Gasteiger partial charge is 0.452 e. The number of esters is 1. The summed E-state index contributed by atoms with van der Waals surface area (Å²) >= 11 is 0. The molecule has 4 rings (SSSR count). The van der Waals surface area contributed by atoms with Gasteiger partial charge in [0.25, 0.3) is 17.7 Å². The van der Waals surface area contributed by atoms with E-state index in [0.29, 0.717) is 37.5 Å². The summed E-state index contributed by atoms with van der Waals surface area (Å²) in [6, 6.07) is 12.3. The zero-order valence-electron chi connectivity index (χ0n) is 18.3. The number of ether oxygens (including phenoxy) is 1. The molecule has 2 aliphatic rings. The van der Waals surface area contributed by atoms with Crippen LogP contribution in [0, 0.1) is 5.92 Å². The number of nitrogens with zero attached hydrogens (tertiary/aromatic N) is 2. The van der Waals surface area contributed by atoms with E-state index in [0.717, 1.165) is 12.0 Å². The lowest BCUT2D eigenvalue weighted by Crippen LogP contribution is -2.38. The van der Waals surface area contributed by atoms with Gasteiger partial charge in [-0.1, -0.05) is 38.1 Å². The molecule has 7 nitrogen and oxygen atoms in total. The van der Waals surface area contributed by atoms with E-state index < -0.39 is 11.9 Å². The molecule has 166 valence electrons. The predicted octanol–water partition coefficient (Wildman–Crippen LogP) is 3.07. The predicted molar refractivity (Wildman–Crippen MR) is 117 cm³/mol. The van der Waals surface area contributed by atoms with E-state index >= 15 is 0 Å². The standard InChI is InChI=1S/C25H26N2O5/c1-16(2)9-12-27-23(29)20-8-7-18(13-21(20)24(27)30)25(31)32-15-22(28)26-11-10-17-5-3-4-6-19(17)14-26/h3-8,13,16H,9-12,14-15H2,1-2H3. The van der Waals surface area contributed by atoms with Crippen molar-refractivity contribution in [2.75, 3.05) is 19.7 Å². The number of rotatable bonds is 6. The zero-order chi connectivity index (χ0) is 22.8. The van der Waals surface area contributed by atoms with E-state index in [-0.39, 0.29) is 29.5 Å². The number of fused-ring (bicyclic) bond motifs is 2. The molecule has 2 aromatic rings. The van der Waals surface area contributed by atoms with Crippen LogP contribution in [0.5, 0.6) is 0 Å². The first-order valence-corrected chi connectivity index (χ1v) is 10.9. The second-order valence-electron chi connectivity index (χ2n) is 8.61. The molecule has 0 saturated heterocycles. The van der Waals surface area contributed by atoms with Crippen molar-refractivity contribution in [3.05, 3.63) is 70.3 Å². The Morgan fingerprint density at radius 1 is 1.00 bits per heavy atom. The van der Waals surface area contributed by atoms with Gasteiger partial charge < -0.3 is 9.64 Å². The molecule has 7 heteroatoms. The lowest BCUT2D eigenvalue weighted by atomic mass is 10.00. The third-order valence-electron chi connectivity index (χ3n) is 5.95. The minimum Gasteiger partial charge on any atom is -0.452 e. The molecule has 0 unspecified atom stereocenters. The number of carbonyl (C=O) groups is 4. The van der Waals surface area contributed by atoms with Crippen LogP contribution in [0.1, 0.15) is 62.5 Å². The van der Waals surface area contributed by atoms with Crippen LogP contribution in [0.2, 0.25) is 0 Å². The van der Waals surface area contributed by atoms with Crippen LogP contribution in [0.25, 0.3) is 0 Å². The van der Waals surface area contributed by atoms with Gasteiger partial charge >= 0.3 is 5.97 Å². The van der Waals surface area contributed by atoms with E-state index in [1.165, 1.54) is 28.7 Å². The molecule has 0 N–H and O–H groups in total. The number of carbonyl (C=O) groups excluding carboxylic acids is 4. The summed E-state index contributed by atoms with van der Waals surface area (Å²) in [4.78, 5) is 53.1. The average Bonchev–Trinajstić information content (AvgIpc) is 3.04. The van der Waals surface area contributed by atoms with Crippen LogP contribution in [0.3, 0.4) is 0 Å². The average molecular weight is 434 g/mol. The summed E-state index contributed by atoms with van der Waals surface area (Å²) in [7, 11) is 0. The number of imide groups is 1. The van der Waals surface area contributed by atoms with Crippen LogP contribution in [0.4, 0.5) is 0 Å². The van der Waals surface area contributed by atoms with Crippen molar-refractivity contribution >= 4 is 23.7 Å². The van der Waals surface area contributed by atoms with Crippen molar-refractivity contribution in [1.29, 1.82) is 0 Å². The summed E-state index contributed by atoms with van der Waals surface area (Å²) in [6.07, 6.45) is 1.48. The molecule has 32 heavy (non-hydrogen) atoms. The van der Waals surface area contributed by atoms with Crippen molar-refractivity contribution in [3.8, 4) is 0 Å². The summed E-state index contributed by atoms with van der Waals surface area (Å²) in [6.45, 7) is 5.10. The second kappa shape index (κ2) is 8.94. The van der Waals surface area contributed by atoms with Crippen LogP contribution < -0.4 is 0 Å². The highest BCUT2D eigenvalue weighted by atomic mass is 16.5. The fourth-order valence-corrected chi connectivity index (χ4v) is 4.02. The minimum atomic E-state index is -0.695. The molecule has 0 fully saturated rings. The Kier molecular flexibility index (Phi) is 6.08. The maximum Gasteiger partial charge on any atom is 0.338 e. The monoisotopic (exact) mass is 434 g/mol. The van der Waals surface area contributed by atoms with Gasteiger partial charge in [0.2, 0.25) is 0 Å². The van der Waals surface area contributed by atoms with Gasteiger partial charge in [0, 0.05) is 19.6 Å². The molecule has 2 heterocycles. The summed E-state index contributed by atoms with van der Waals surface area (Å²) in [5, 5.41) is 0. The number of amides is 3. The normalized spacial score (nSPS) is 15.1. The van der Waals surface area contributed by atoms with Gasteiger partial charge in [-0.3, -0.25) is 19.3 Å². The Morgan fingerprint density at radius 3 is 2.47 bits per heavy atom. The van der Waals surface area contributed by atoms with Crippen LogP contribution in [-0.2, 0) is 22.5 Å². The van der Waals surface area contributed by atoms with Gasteiger partial charge in [-0.05, 0) is 48.1 Å².